The van der Waals surface area contributed by atoms with E-state index in [4.69, 9.17) is 11.6 Å². The van der Waals surface area contributed by atoms with Gasteiger partial charge in [0.2, 0.25) is 0 Å². The van der Waals surface area contributed by atoms with Gasteiger partial charge in [-0.1, -0.05) is 11.6 Å². The average molecular weight is 252 g/mol. The Morgan fingerprint density at radius 1 is 1.47 bits per heavy atom. The van der Waals surface area contributed by atoms with E-state index in [1.807, 2.05) is 19.9 Å². The van der Waals surface area contributed by atoms with E-state index >= 15 is 0 Å². The lowest BCUT2D eigenvalue weighted by Crippen LogP contribution is -2.41. The first-order chi connectivity index (χ1) is 8.00. The Hall–Kier alpha value is -1.02. The van der Waals surface area contributed by atoms with Crippen LogP contribution in [-0.4, -0.2) is 18.4 Å². The van der Waals surface area contributed by atoms with Crippen molar-refractivity contribution in [2.45, 2.75) is 39.7 Å². The number of fused-ring (bicyclic) bond motifs is 1. The normalized spacial score (nSPS) is 16.6. The maximum Gasteiger partial charge on any atom is 0.151 e. The van der Waals surface area contributed by atoms with Gasteiger partial charge < -0.3 is 4.90 Å². The van der Waals surface area contributed by atoms with Gasteiger partial charge in [0.15, 0.2) is 5.78 Å². The van der Waals surface area contributed by atoms with Gasteiger partial charge in [0.1, 0.15) is 0 Å². The molecule has 0 bridgehead atoms. The molecule has 0 radical (unpaired) electrons. The Labute approximate surface area is 108 Å². The number of Topliss-reactive ketones (excluding diaryl/α,β-unsaturated/α-hetero) is 1. The number of aryl methyl sites for hydroxylation is 2. The standard InChI is InChI=1S/C14H18ClNO/c1-9-7-14-12(8-13(9)15)5-4-6-16(14)10(2)11(3)17/h7-8,10H,4-6H2,1-3H3. The molecule has 0 spiro atoms. The Morgan fingerprint density at radius 3 is 2.82 bits per heavy atom. The van der Waals surface area contributed by atoms with Gasteiger partial charge in [-0.15, -0.1) is 0 Å². The van der Waals surface area contributed by atoms with E-state index in [-0.39, 0.29) is 11.8 Å². The Balaban J connectivity index is 2.43. The summed E-state index contributed by atoms with van der Waals surface area (Å²) in [7, 11) is 0. The minimum absolute atomic E-state index is 0.0466. The molecule has 0 aromatic heterocycles. The van der Waals surface area contributed by atoms with Gasteiger partial charge in [-0.2, -0.15) is 0 Å². The van der Waals surface area contributed by atoms with E-state index in [2.05, 4.69) is 11.0 Å². The van der Waals surface area contributed by atoms with Crippen LogP contribution in [0.3, 0.4) is 0 Å². The number of carbonyl (C=O) groups excluding carboxylic acids is 1. The predicted octanol–water partition coefficient (Wildman–Crippen LogP) is 3.38. The summed E-state index contributed by atoms with van der Waals surface area (Å²) in [4.78, 5) is 13.7. The molecule has 17 heavy (non-hydrogen) atoms. The van der Waals surface area contributed by atoms with Crippen LogP contribution in [0.1, 0.15) is 31.4 Å². The van der Waals surface area contributed by atoms with Crippen molar-refractivity contribution in [3.8, 4) is 0 Å². The Bertz CT molecular complexity index is 456. The zero-order chi connectivity index (χ0) is 12.6. The molecule has 2 rings (SSSR count). The highest BCUT2D eigenvalue weighted by Gasteiger charge is 2.24. The van der Waals surface area contributed by atoms with Gasteiger partial charge in [-0.3, -0.25) is 4.79 Å². The molecule has 0 saturated carbocycles. The molecule has 2 nitrogen and oxygen atoms in total. The number of nitrogens with zero attached hydrogens (tertiary/aromatic N) is 1. The first-order valence-corrected chi connectivity index (χ1v) is 6.44. The van der Waals surface area contributed by atoms with Gasteiger partial charge in [-0.25, -0.2) is 0 Å². The number of hydrogen-bond donors (Lipinski definition) is 0. The van der Waals surface area contributed by atoms with Crippen molar-refractivity contribution in [2.24, 2.45) is 0 Å². The molecule has 1 heterocycles. The van der Waals surface area contributed by atoms with Crippen LogP contribution >= 0.6 is 11.6 Å². The monoisotopic (exact) mass is 251 g/mol. The minimum Gasteiger partial charge on any atom is -0.362 e. The third kappa shape index (κ3) is 2.32. The summed E-state index contributed by atoms with van der Waals surface area (Å²) in [6.45, 7) is 6.59. The average Bonchev–Trinajstić information content (AvgIpc) is 2.29. The number of ketones is 1. The number of hydrogen-bond acceptors (Lipinski definition) is 2. The molecule has 0 saturated heterocycles. The molecule has 1 atom stereocenters. The molecule has 0 fully saturated rings. The third-order valence-electron chi connectivity index (χ3n) is 3.57. The fourth-order valence-electron chi connectivity index (χ4n) is 2.36. The van der Waals surface area contributed by atoms with Gasteiger partial charge in [-0.05, 0) is 56.9 Å². The highest BCUT2D eigenvalue weighted by atomic mass is 35.5. The lowest BCUT2D eigenvalue weighted by molar-refractivity contribution is -0.117. The maximum atomic E-state index is 11.5. The number of anilines is 1. The minimum atomic E-state index is -0.0466. The van der Waals surface area contributed by atoms with E-state index < -0.39 is 0 Å². The van der Waals surface area contributed by atoms with Crippen molar-refractivity contribution < 1.29 is 4.79 Å². The molecule has 0 aliphatic carbocycles. The van der Waals surface area contributed by atoms with Crippen molar-refractivity contribution in [2.75, 3.05) is 11.4 Å². The van der Waals surface area contributed by atoms with E-state index in [9.17, 15) is 4.79 Å². The van der Waals surface area contributed by atoms with Crippen molar-refractivity contribution >= 4 is 23.1 Å². The van der Waals surface area contributed by atoms with Crippen molar-refractivity contribution in [3.63, 3.8) is 0 Å². The Kier molecular flexibility index (Phi) is 3.43. The van der Waals surface area contributed by atoms with Crippen LogP contribution in [0.4, 0.5) is 5.69 Å². The zero-order valence-corrected chi connectivity index (χ0v) is 11.3. The van der Waals surface area contributed by atoms with Crippen LogP contribution in [-0.2, 0) is 11.2 Å². The fourth-order valence-corrected chi connectivity index (χ4v) is 2.54. The van der Waals surface area contributed by atoms with E-state index in [0.717, 1.165) is 30.0 Å². The first-order valence-electron chi connectivity index (χ1n) is 6.07. The summed E-state index contributed by atoms with van der Waals surface area (Å²) < 4.78 is 0. The summed E-state index contributed by atoms with van der Waals surface area (Å²) in [5.41, 5.74) is 3.52. The number of carbonyl (C=O) groups is 1. The zero-order valence-electron chi connectivity index (χ0n) is 10.6. The molecular weight excluding hydrogens is 234 g/mol. The molecule has 0 N–H and O–H groups in total. The highest BCUT2D eigenvalue weighted by Crippen LogP contribution is 2.33. The van der Waals surface area contributed by atoms with Crippen LogP contribution in [0.25, 0.3) is 0 Å². The summed E-state index contributed by atoms with van der Waals surface area (Å²) in [6, 6.07) is 4.11. The van der Waals surface area contributed by atoms with Gasteiger partial charge in [0, 0.05) is 17.3 Å². The second kappa shape index (κ2) is 4.69. The third-order valence-corrected chi connectivity index (χ3v) is 3.98. The van der Waals surface area contributed by atoms with E-state index in [1.165, 1.54) is 11.3 Å². The molecular formula is C14H18ClNO. The lowest BCUT2D eigenvalue weighted by atomic mass is 9.97. The van der Waals surface area contributed by atoms with Crippen LogP contribution < -0.4 is 4.90 Å². The maximum absolute atomic E-state index is 11.5. The number of halogens is 1. The quantitative estimate of drug-likeness (QED) is 0.803. The molecule has 1 aromatic carbocycles. The molecule has 1 aliphatic heterocycles. The second-order valence-corrected chi connectivity index (χ2v) is 5.22. The lowest BCUT2D eigenvalue weighted by Gasteiger charge is -2.35. The predicted molar refractivity (Wildman–Crippen MR) is 72.0 cm³/mol. The van der Waals surface area contributed by atoms with Gasteiger partial charge in [0.25, 0.3) is 0 Å². The summed E-state index contributed by atoms with van der Waals surface area (Å²) in [5, 5.41) is 0.820. The molecule has 92 valence electrons. The van der Waals surface area contributed by atoms with Gasteiger partial charge >= 0.3 is 0 Å². The highest BCUT2D eigenvalue weighted by molar-refractivity contribution is 6.31. The molecule has 0 amide bonds. The van der Waals surface area contributed by atoms with E-state index in [1.54, 1.807) is 6.92 Å². The van der Waals surface area contributed by atoms with E-state index in [0.29, 0.717) is 0 Å². The van der Waals surface area contributed by atoms with Crippen LogP contribution in [0.2, 0.25) is 5.02 Å². The van der Waals surface area contributed by atoms with Crippen LogP contribution in [0.5, 0.6) is 0 Å². The number of benzene rings is 1. The Morgan fingerprint density at radius 2 is 2.18 bits per heavy atom. The molecule has 1 aromatic rings. The van der Waals surface area contributed by atoms with Crippen LogP contribution in [0.15, 0.2) is 12.1 Å². The smallest absolute Gasteiger partial charge is 0.151 e. The SMILES string of the molecule is CC(=O)C(C)N1CCCc2cc(Cl)c(C)cc21. The summed E-state index contributed by atoms with van der Waals surface area (Å²) in [5.74, 6) is 0.213. The summed E-state index contributed by atoms with van der Waals surface area (Å²) in [6.07, 6.45) is 2.14. The topological polar surface area (TPSA) is 20.3 Å². The number of rotatable bonds is 2. The largest absolute Gasteiger partial charge is 0.362 e. The van der Waals surface area contributed by atoms with Gasteiger partial charge in [0.05, 0.1) is 6.04 Å². The molecule has 3 heteroatoms. The van der Waals surface area contributed by atoms with Crippen molar-refractivity contribution in [1.82, 2.24) is 0 Å². The molecule has 1 aliphatic rings. The fraction of sp³-hybridized carbons (Fsp3) is 0.500. The summed E-state index contributed by atoms with van der Waals surface area (Å²) >= 11 is 6.15. The van der Waals surface area contributed by atoms with Crippen molar-refractivity contribution in [1.29, 1.82) is 0 Å². The first kappa shape index (κ1) is 12.4. The second-order valence-electron chi connectivity index (χ2n) is 4.81. The van der Waals surface area contributed by atoms with Crippen molar-refractivity contribution in [3.05, 3.63) is 28.3 Å². The molecule has 1 unspecified atom stereocenters. The van der Waals surface area contributed by atoms with Crippen LogP contribution in [0, 0.1) is 6.92 Å².